The van der Waals surface area contributed by atoms with Gasteiger partial charge >= 0.3 is 0 Å². The molecule has 0 atom stereocenters. The summed E-state index contributed by atoms with van der Waals surface area (Å²) in [6.45, 7) is 5.97. The zero-order valence-corrected chi connectivity index (χ0v) is 11.9. The van der Waals surface area contributed by atoms with Gasteiger partial charge in [0.15, 0.2) is 0 Å². The van der Waals surface area contributed by atoms with Gasteiger partial charge in [0, 0.05) is 5.56 Å². The van der Waals surface area contributed by atoms with E-state index in [1.165, 1.54) is 11.6 Å². The Morgan fingerprint density at radius 2 is 2.05 bits per heavy atom. The molecule has 0 saturated heterocycles. The number of nitrogens with zero attached hydrogens (tertiary/aromatic N) is 1. The van der Waals surface area contributed by atoms with E-state index in [1.54, 1.807) is 0 Å². The summed E-state index contributed by atoms with van der Waals surface area (Å²) in [5.74, 6) is 0.806. The minimum Gasteiger partial charge on any atom is -0.439 e. The highest BCUT2D eigenvalue weighted by molar-refractivity contribution is 5.39. The highest BCUT2D eigenvalue weighted by Crippen LogP contribution is 2.28. The zero-order valence-electron chi connectivity index (χ0n) is 11.9. The molecule has 0 fully saturated rings. The molecular formula is C16H18FNO2. The van der Waals surface area contributed by atoms with Gasteiger partial charge < -0.3 is 9.84 Å². The maximum atomic E-state index is 13.0. The van der Waals surface area contributed by atoms with Crippen LogP contribution in [0.3, 0.4) is 0 Å². The van der Waals surface area contributed by atoms with Crippen molar-refractivity contribution in [2.45, 2.75) is 33.3 Å². The monoisotopic (exact) mass is 275 g/mol. The molecule has 0 radical (unpaired) electrons. The van der Waals surface area contributed by atoms with E-state index in [0.29, 0.717) is 17.2 Å². The Hall–Kier alpha value is -1.94. The van der Waals surface area contributed by atoms with E-state index in [-0.39, 0.29) is 12.5 Å². The fourth-order valence-electron chi connectivity index (χ4n) is 2.14. The van der Waals surface area contributed by atoms with Crippen molar-refractivity contribution < 1.29 is 14.2 Å². The molecule has 0 saturated carbocycles. The molecule has 1 N–H and O–H groups in total. The molecule has 1 aromatic carbocycles. The number of rotatable bonds is 4. The number of ether oxygens (including phenoxy) is 1. The molecule has 1 aromatic heterocycles. The largest absolute Gasteiger partial charge is 0.439 e. The van der Waals surface area contributed by atoms with Crippen LogP contribution in [0.2, 0.25) is 0 Å². The molecule has 2 aromatic rings. The van der Waals surface area contributed by atoms with Crippen molar-refractivity contribution in [2.24, 2.45) is 0 Å². The number of hydrogen-bond donors (Lipinski definition) is 1. The van der Waals surface area contributed by atoms with Gasteiger partial charge in [-0.3, -0.25) is 0 Å². The van der Waals surface area contributed by atoms with Gasteiger partial charge in [0.05, 0.1) is 12.8 Å². The lowest BCUT2D eigenvalue weighted by Crippen LogP contribution is -1.97. The van der Waals surface area contributed by atoms with Crippen LogP contribution in [0.5, 0.6) is 11.6 Å². The first kappa shape index (κ1) is 14.5. The first-order valence-corrected chi connectivity index (χ1v) is 6.55. The molecule has 3 nitrogen and oxygen atoms in total. The number of pyridine rings is 1. The molecule has 0 aliphatic carbocycles. The molecule has 0 spiro atoms. The summed E-state index contributed by atoms with van der Waals surface area (Å²) in [7, 11) is 0. The molecule has 2 rings (SSSR count). The van der Waals surface area contributed by atoms with E-state index in [9.17, 15) is 9.50 Å². The second kappa shape index (κ2) is 6.01. The second-order valence-corrected chi connectivity index (χ2v) is 5.05. The Bertz CT molecular complexity index is 611. The van der Waals surface area contributed by atoms with Crippen molar-refractivity contribution in [3.05, 3.63) is 53.0 Å². The Morgan fingerprint density at radius 1 is 1.30 bits per heavy atom. The third-order valence-corrected chi connectivity index (χ3v) is 3.14. The Kier molecular flexibility index (Phi) is 4.35. The smallest absolute Gasteiger partial charge is 0.224 e. The number of aromatic nitrogens is 1. The van der Waals surface area contributed by atoms with Crippen molar-refractivity contribution in [3.63, 3.8) is 0 Å². The van der Waals surface area contributed by atoms with Gasteiger partial charge in [-0.05, 0) is 42.2 Å². The van der Waals surface area contributed by atoms with Crippen molar-refractivity contribution in [1.29, 1.82) is 0 Å². The maximum absolute atomic E-state index is 13.0. The van der Waals surface area contributed by atoms with Crippen molar-refractivity contribution >= 4 is 0 Å². The molecule has 0 unspecified atom stereocenters. The van der Waals surface area contributed by atoms with Crippen molar-refractivity contribution in [1.82, 2.24) is 4.98 Å². The van der Waals surface area contributed by atoms with E-state index in [4.69, 9.17) is 4.74 Å². The maximum Gasteiger partial charge on any atom is 0.224 e. The molecule has 1 heterocycles. The van der Waals surface area contributed by atoms with Crippen LogP contribution in [0.25, 0.3) is 0 Å². The number of aliphatic hydroxyl groups is 1. The molecule has 0 aliphatic rings. The first-order chi connectivity index (χ1) is 9.51. The van der Waals surface area contributed by atoms with Crippen molar-refractivity contribution in [3.8, 4) is 11.6 Å². The molecular weight excluding hydrogens is 257 g/mol. The SMILES string of the molecule is Cc1cc(Oc2ncc(F)cc2CO)ccc1C(C)C. The molecule has 4 heteroatoms. The molecule has 20 heavy (non-hydrogen) atoms. The summed E-state index contributed by atoms with van der Waals surface area (Å²) in [4.78, 5) is 3.87. The Balaban J connectivity index is 2.28. The highest BCUT2D eigenvalue weighted by Gasteiger charge is 2.09. The van der Waals surface area contributed by atoms with Crippen LogP contribution in [0.4, 0.5) is 4.39 Å². The highest BCUT2D eigenvalue weighted by atomic mass is 19.1. The van der Waals surface area contributed by atoms with Crippen LogP contribution in [0.1, 0.15) is 36.5 Å². The van der Waals surface area contributed by atoms with Crippen LogP contribution >= 0.6 is 0 Å². The number of halogens is 1. The summed E-state index contributed by atoms with van der Waals surface area (Å²) >= 11 is 0. The van der Waals surface area contributed by atoms with Crippen LogP contribution in [0, 0.1) is 12.7 Å². The average Bonchev–Trinajstić information content (AvgIpc) is 2.40. The van der Waals surface area contributed by atoms with E-state index in [1.807, 2.05) is 25.1 Å². The predicted octanol–water partition coefficient (Wildman–Crippen LogP) is 3.94. The number of benzene rings is 1. The number of aliphatic hydroxyl groups excluding tert-OH is 1. The third-order valence-electron chi connectivity index (χ3n) is 3.14. The average molecular weight is 275 g/mol. The standard InChI is InChI=1S/C16H18FNO2/c1-10(2)15-5-4-14(6-11(15)3)20-16-12(9-19)7-13(17)8-18-16/h4-8,10,19H,9H2,1-3H3. The summed E-state index contributed by atoms with van der Waals surface area (Å²) in [6.07, 6.45) is 1.07. The van der Waals surface area contributed by atoms with Gasteiger partial charge in [-0.25, -0.2) is 9.37 Å². The van der Waals surface area contributed by atoms with Crippen LogP contribution in [-0.4, -0.2) is 10.1 Å². The van der Waals surface area contributed by atoms with Crippen LogP contribution < -0.4 is 4.74 Å². The lowest BCUT2D eigenvalue weighted by atomic mass is 9.98. The Labute approximate surface area is 118 Å². The van der Waals surface area contributed by atoms with Gasteiger partial charge in [0.1, 0.15) is 11.6 Å². The second-order valence-electron chi connectivity index (χ2n) is 5.05. The third kappa shape index (κ3) is 3.14. The minimum absolute atomic E-state index is 0.227. The van der Waals surface area contributed by atoms with Gasteiger partial charge in [0.25, 0.3) is 0 Å². The quantitative estimate of drug-likeness (QED) is 0.919. The van der Waals surface area contributed by atoms with E-state index in [0.717, 1.165) is 11.8 Å². The van der Waals surface area contributed by atoms with Crippen LogP contribution in [0.15, 0.2) is 30.5 Å². The number of hydrogen-bond acceptors (Lipinski definition) is 3. The molecule has 0 amide bonds. The van der Waals surface area contributed by atoms with Crippen molar-refractivity contribution in [2.75, 3.05) is 0 Å². The normalized spacial score (nSPS) is 10.9. The van der Waals surface area contributed by atoms with E-state index >= 15 is 0 Å². The van der Waals surface area contributed by atoms with E-state index < -0.39 is 5.82 Å². The summed E-state index contributed by atoms with van der Waals surface area (Å²) in [5.41, 5.74) is 2.72. The lowest BCUT2D eigenvalue weighted by Gasteiger charge is -2.13. The van der Waals surface area contributed by atoms with Crippen LogP contribution in [-0.2, 0) is 6.61 Å². The minimum atomic E-state index is -0.493. The molecule has 0 bridgehead atoms. The summed E-state index contributed by atoms with van der Waals surface area (Å²) in [5, 5.41) is 9.21. The van der Waals surface area contributed by atoms with Gasteiger partial charge in [-0.1, -0.05) is 19.9 Å². The first-order valence-electron chi connectivity index (χ1n) is 6.55. The fourth-order valence-corrected chi connectivity index (χ4v) is 2.14. The van der Waals surface area contributed by atoms with Gasteiger partial charge in [-0.15, -0.1) is 0 Å². The van der Waals surface area contributed by atoms with Gasteiger partial charge in [-0.2, -0.15) is 0 Å². The lowest BCUT2D eigenvalue weighted by molar-refractivity contribution is 0.274. The zero-order chi connectivity index (χ0) is 14.7. The number of aryl methyl sites for hydroxylation is 1. The molecule has 106 valence electrons. The van der Waals surface area contributed by atoms with Gasteiger partial charge in [0.2, 0.25) is 5.88 Å². The fraction of sp³-hybridized carbons (Fsp3) is 0.312. The van der Waals surface area contributed by atoms with E-state index in [2.05, 4.69) is 18.8 Å². The molecule has 0 aliphatic heterocycles. The summed E-state index contributed by atoms with van der Waals surface area (Å²) < 4.78 is 18.7. The Morgan fingerprint density at radius 3 is 2.65 bits per heavy atom. The topological polar surface area (TPSA) is 42.4 Å². The summed E-state index contributed by atoms with van der Waals surface area (Å²) in [6, 6.07) is 7.01. The predicted molar refractivity (Wildman–Crippen MR) is 75.5 cm³/mol.